The van der Waals surface area contributed by atoms with Gasteiger partial charge in [-0.25, -0.2) is 9.59 Å². The minimum atomic E-state index is -0.513. The molecule has 14 nitrogen and oxygen atoms in total. The summed E-state index contributed by atoms with van der Waals surface area (Å²) >= 11 is 0. The molecule has 0 spiro atoms. The summed E-state index contributed by atoms with van der Waals surface area (Å²) < 4.78 is 9.60. The molecule has 0 radical (unpaired) electrons. The molecule has 384 valence electrons. The number of anilines is 2. The summed E-state index contributed by atoms with van der Waals surface area (Å²) in [6, 6.07) is 40.9. The lowest BCUT2D eigenvalue weighted by Crippen LogP contribution is -2.34. The third-order valence-electron chi connectivity index (χ3n) is 13.4. The standard InChI is InChI=1S/2C20H22N2O3.C20H21NO3/c1-14-4-6-15(7-5-14)11-22-12-17-10-16(20(24)25-3)8-9-18(17)21(2)19(23)13-22;1-14-3-5-15(6-4-14)10-22-11-17-9-16(19(24)13-23)7-8-18(17)21(2)20(25)12-22;1-14-3-5-15(6-4-14)11-21-12-18-9-17(20(23)24-2)8-7-16(18)10-19(22)13-21/h4-10H,11-13H2,1-3H3;3-9,23H,10-13H2,1-2H3;3-9H,10-13H2,1-2H3. The Morgan fingerprint density at radius 1 is 0.459 bits per heavy atom. The fraction of sp³-hybridized carbons (Fsp3) is 0.300. The molecule has 14 heteroatoms. The number of aliphatic hydroxyl groups excluding tert-OH is 1. The van der Waals surface area contributed by atoms with E-state index in [0.717, 1.165) is 44.8 Å². The van der Waals surface area contributed by atoms with Gasteiger partial charge in [-0.2, -0.15) is 0 Å². The van der Waals surface area contributed by atoms with Crippen molar-refractivity contribution in [1.29, 1.82) is 0 Å². The first-order chi connectivity index (χ1) is 35.5. The van der Waals surface area contributed by atoms with E-state index in [1.807, 2.05) is 31.2 Å². The van der Waals surface area contributed by atoms with Crippen molar-refractivity contribution >= 4 is 46.7 Å². The first-order valence-corrected chi connectivity index (χ1v) is 24.6. The second kappa shape index (κ2) is 24.9. The second-order valence-electron chi connectivity index (χ2n) is 19.2. The van der Waals surface area contributed by atoms with Crippen LogP contribution >= 0.6 is 0 Å². The Morgan fingerprint density at radius 3 is 1.24 bits per heavy atom. The molecule has 3 heterocycles. The summed E-state index contributed by atoms with van der Waals surface area (Å²) in [5.74, 6) is -0.772. The van der Waals surface area contributed by atoms with Crippen molar-refractivity contribution in [1.82, 2.24) is 14.7 Å². The number of hydrogen-bond donors (Lipinski definition) is 1. The van der Waals surface area contributed by atoms with E-state index < -0.39 is 6.61 Å². The highest BCUT2D eigenvalue weighted by atomic mass is 16.5. The number of carbonyl (C=O) groups excluding carboxylic acids is 6. The van der Waals surface area contributed by atoms with E-state index in [2.05, 4.69) is 101 Å². The minimum absolute atomic E-state index is 0.0205. The van der Waals surface area contributed by atoms with Gasteiger partial charge in [0, 0.05) is 76.7 Å². The average molecular weight is 1000 g/mol. The van der Waals surface area contributed by atoms with E-state index in [9.17, 15) is 28.8 Å². The Morgan fingerprint density at radius 2 is 0.824 bits per heavy atom. The van der Waals surface area contributed by atoms with Crippen molar-refractivity contribution in [2.24, 2.45) is 0 Å². The van der Waals surface area contributed by atoms with Crippen molar-refractivity contribution in [3.63, 3.8) is 0 Å². The molecule has 6 aromatic rings. The monoisotopic (exact) mass is 999 g/mol. The number of rotatable bonds is 10. The lowest BCUT2D eigenvalue weighted by atomic mass is 10.0. The zero-order valence-corrected chi connectivity index (χ0v) is 43.4. The number of aryl methyl sites for hydroxylation is 3. The third kappa shape index (κ3) is 14.1. The fourth-order valence-electron chi connectivity index (χ4n) is 9.24. The number of Topliss-reactive ketones (excluding diaryl/α,β-unsaturated/α-hetero) is 2. The van der Waals surface area contributed by atoms with Crippen LogP contribution in [0.2, 0.25) is 0 Å². The number of likely N-dealkylation sites (N-methyl/N-ethyl adjacent to an activating group) is 2. The molecule has 6 aromatic carbocycles. The Hall–Kier alpha value is -7.62. The quantitative estimate of drug-likeness (QED) is 0.105. The normalized spacial score (nSPS) is 14.9. The van der Waals surface area contributed by atoms with E-state index in [0.29, 0.717) is 82.0 Å². The van der Waals surface area contributed by atoms with E-state index in [4.69, 9.17) is 14.6 Å². The van der Waals surface area contributed by atoms with E-state index >= 15 is 0 Å². The van der Waals surface area contributed by atoms with Gasteiger partial charge < -0.3 is 24.4 Å². The van der Waals surface area contributed by atoms with E-state index in [1.165, 1.54) is 36.5 Å². The number of benzene rings is 6. The summed E-state index contributed by atoms with van der Waals surface area (Å²) in [5.41, 5.74) is 14.2. The number of nitrogens with zero attached hydrogens (tertiary/aromatic N) is 5. The Labute approximate surface area is 433 Å². The zero-order chi connectivity index (χ0) is 53.1. The molecule has 0 saturated heterocycles. The smallest absolute Gasteiger partial charge is 0.337 e. The molecule has 2 amide bonds. The number of fused-ring (bicyclic) bond motifs is 3. The first kappa shape index (κ1) is 54.2. The van der Waals surface area contributed by atoms with Gasteiger partial charge in [-0.1, -0.05) is 95.6 Å². The average Bonchev–Trinajstić information content (AvgIpc) is 3.69. The Kier molecular flexibility index (Phi) is 18.2. The van der Waals surface area contributed by atoms with Gasteiger partial charge in [-0.05, 0) is 108 Å². The molecular weight excluding hydrogens is 935 g/mol. The van der Waals surface area contributed by atoms with Crippen LogP contribution in [0, 0.1) is 20.8 Å². The lowest BCUT2D eigenvalue weighted by molar-refractivity contribution is -0.120. The molecule has 9 rings (SSSR count). The molecule has 0 fully saturated rings. The summed E-state index contributed by atoms with van der Waals surface area (Å²) in [6.07, 6.45) is 0.418. The number of esters is 2. The molecule has 1 N–H and O–H groups in total. The Bertz CT molecular complexity index is 2870. The minimum Gasteiger partial charge on any atom is -0.465 e. The van der Waals surface area contributed by atoms with Crippen LogP contribution in [0.25, 0.3) is 0 Å². The topological polar surface area (TPSA) is 157 Å². The summed E-state index contributed by atoms with van der Waals surface area (Å²) in [5, 5.41) is 9.09. The van der Waals surface area contributed by atoms with Gasteiger partial charge in [0.25, 0.3) is 0 Å². The number of hydrogen-bond acceptors (Lipinski definition) is 12. The van der Waals surface area contributed by atoms with Crippen LogP contribution < -0.4 is 9.80 Å². The summed E-state index contributed by atoms with van der Waals surface area (Å²) in [4.78, 5) is 82.2. The van der Waals surface area contributed by atoms with Crippen LogP contribution in [0.5, 0.6) is 0 Å². The summed E-state index contributed by atoms with van der Waals surface area (Å²) in [6.45, 7) is 10.6. The maximum atomic E-state index is 12.5. The number of amides is 2. The van der Waals surface area contributed by atoms with Gasteiger partial charge in [-0.15, -0.1) is 0 Å². The van der Waals surface area contributed by atoms with E-state index in [1.54, 1.807) is 54.2 Å². The molecule has 0 unspecified atom stereocenters. The number of ether oxygens (including phenoxy) is 2. The third-order valence-corrected chi connectivity index (χ3v) is 13.4. The van der Waals surface area contributed by atoms with Crippen LogP contribution in [0.4, 0.5) is 11.4 Å². The predicted molar refractivity (Wildman–Crippen MR) is 285 cm³/mol. The Balaban J connectivity index is 0.000000162. The largest absolute Gasteiger partial charge is 0.465 e. The number of aliphatic hydroxyl groups is 1. The highest BCUT2D eigenvalue weighted by Crippen LogP contribution is 2.29. The zero-order valence-electron chi connectivity index (χ0n) is 43.4. The highest BCUT2D eigenvalue weighted by molar-refractivity contribution is 6.00. The van der Waals surface area contributed by atoms with Crippen LogP contribution in [0.15, 0.2) is 127 Å². The van der Waals surface area contributed by atoms with Gasteiger partial charge in [0.1, 0.15) is 6.61 Å². The molecule has 74 heavy (non-hydrogen) atoms. The molecule has 0 saturated carbocycles. The molecule has 0 aliphatic carbocycles. The molecular formula is C60H65N5O9. The maximum Gasteiger partial charge on any atom is 0.337 e. The van der Waals surface area contributed by atoms with Crippen molar-refractivity contribution in [3.05, 3.63) is 200 Å². The van der Waals surface area contributed by atoms with Crippen LogP contribution in [-0.2, 0) is 69.5 Å². The molecule has 0 aromatic heterocycles. The number of carbonyl (C=O) groups is 6. The van der Waals surface area contributed by atoms with Crippen molar-refractivity contribution < 1.29 is 43.3 Å². The maximum absolute atomic E-state index is 12.5. The van der Waals surface area contributed by atoms with Gasteiger partial charge >= 0.3 is 11.9 Å². The van der Waals surface area contributed by atoms with E-state index in [-0.39, 0.29) is 35.3 Å². The van der Waals surface area contributed by atoms with Crippen molar-refractivity contribution in [2.45, 2.75) is 66.5 Å². The molecule has 0 atom stereocenters. The molecule has 0 bridgehead atoms. The van der Waals surface area contributed by atoms with Crippen LogP contribution in [0.1, 0.15) is 86.7 Å². The number of methoxy groups -OCH3 is 2. The fourth-order valence-corrected chi connectivity index (χ4v) is 9.24. The number of ketones is 2. The van der Waals surface area contributed by atoms with Crippen molar-refractivity contribution in [3.8, 4) is 0 Å². The van der Waals surface area contributed by atoms with Crippen LogP contribution in [0.3, 0.4) is 0 Å². The van der Waals surface area contributed by atoms with Gasteiger partial charge in [0.15, 0.2) is 11.6 Å². The predicted octanol–water partition coefficient (Wildman–Crippen LogP) is 7.82. The summed E-state index contributed by atoms with van der Waals surface area (Å²) in [7, 11) is 6.27. The van der Waals surface area contributed by atoms with Crippen molar-refractivity contribution in [2.75, 3.05) is 64.4 Å². The lowest BCUT2D eigenvalue weighted by Gasteiger charge is -2.20. The highest BCUT2D eigenvalue weighted by Gasteiger charge is 2.27. The van der Waals surface area contributed by atoms with Gasteiger partial charge in [0.05, 0.1) is 45.0 Å². The second-order valence-corrected chi connectivity index (χ2v) is 19.2. The van der Waals surface area contributed by atoms with Gasteiger partial charge in [0.2, 0.25) is 11.8 Å². The van der Waals surface area contributed by atoms with Gasteiger partial charge in [-0.3, -0.25) is 33.9 Å². The first-order valence-electron chi connectivity index (χ1n) is 24.6. The molecule has 3 aliphatic rings. The molecule has 3 aliphatic heterocycles. The SMILES string of the molecule is COC(=O)c1ccc2c(c1)CN(Cc1ccc(C)cc1)CC(=O)C2.COC(=O)c1ccc2c(c1)CN(Cc1ccc(C)cc1)CC(=O)N2C.Cc1ccc(CN2CC(=O)N(C)c3ccc(C(=O)CO)cc3C2)cc1. The van der Waals surface area contributed by atoms with Crippen LogP contribution in [-0.4, -0.2) is 110 Å².